The summed E-state index contributed by atoms with van der Waals surface area (Å²) in [5.41, 5.74) is 0.776. The summed E-state index contributed by atoms with van der Waals surface area (Å²) in [6.07, 6.45) is 1.60. The van der Waals surface area contributed by atoms with E-state index in [1.54, 1.807) is 12.3 Å². The van der Waals surface area contributed by atoms with Gasteiger partial charge in [-0.15, -0.1) is 11.8 Å². The van der Waals surface area contributed by atoms with Crippen LogP contribution >= 0.6 is 11.8 Å². The van der Waals surface area contributed by atoms with Gasteiger partial charge in [-0.1, -0.05) is 0 Å². The molecule has 1 aromatic heterocycles. The Kier molecular flexibility index (Phi) is 2.53. The zero-order chi connectivity index (χ0) is 9.97. The zero-order valence-electron chi connectivity index (χ0n) is 7.40. The SMILES string of the molecule is O=C1CSCC(=O)N1Cc1ccn[nH]1. The number of aromatic amines is 1. The standard InChI is InChI=1S/C8H9N3O2S/c12-7-4-14-5-8(13)11(7)3-6-1-2-9-10-6/h1-2H,3-5H2,(H,9,10). The maximum absolute atomic E-state index is 11.4. The van der Waals surface area contributed by atoms with Crippen LogP contribution in [0.15, 0.2) is 12.3 Å². The highest BCUT2D eigenvalue weighted by Gasteiger charge is 2.26. The smallest absolute Gasteiger partial charge is 0.239 e. The predicted octanol–water partition coefficient (Wildman–Crippen LogP) is 0.0117. The van der Waals surface area contributed by atoms with E-state index in [1.165, 1.54) is 16.7 Å². The molecule has 0 spiro atoms. The maximum Gasteiger partial charge on any atom is 0.239 e. The highest BCUT2D eigenvalue weighted by Crippen LogP contribution is 2.14. The second-order valence-electron chi connectivity index (χ2n) is 2.95. The first-order valence-electron chi connectivity index (χ1n) is 4.16. The van der Waals surface area contributed by atoms with E-state index in [0.717, 1.165) is 5.69 Å². The Bertz CT molecular complexity index is 333. The lowest BCUT2D eigenvalue weighted by molar-refractivity contribution is -0.142. The lowest BCUT2D eigenvalue weighted by atomic mass is 10.3. The lowest BCUT2D eigenvalue weighted by Gasteiger charge is -2.23. The van der Waals surface area contributed by atoms with Crippen LogP contribution in [0.3, 0.4) is 0 Å². The van der Waals surface area contributed by atoms with Gasteiger partial charge >= 0.3 is 0 Å². The van der Waals surface area contributed by atoms with Gasteiger partial charge in [-0.25, -0.2) is 0 Å². The van der Waals surface area contributed by atoms with Crippen molar-refractivity contribution in [1.29, 1.82) is 0 Å². The molecule has 1 aliphatic heterocycles. The third-order valence-electron chi connectivity index (χ3n) is 1.94. The van der Waals surface area contributed by atoms with Crippen molar-refractivity contribution in [1.82, 2.24) is 15.1 Å². The summed E-state index contributed by atoms with van der Waals surface area (Å²) in [6, 6.07) is 1.75. The topological polar surface area (TPSA) is 66.1 Å². The Labute approximate surface area is 84.9 Å². The van der Waals surface area contributed by atoms with Crippen LogP contribution in [0.5, 0.6) is 0 Å². The Morgan fingerprint density at radius 2 is 2.14 bits per heavy atom. The van der Waals surface area contributed by atoms with E-state index >= 15 is 0 Å². The number of H-pyrrole nitrogens is 1. The lowest BCUT2D eigenvalue weighted by Crippen LogP contribution is -2.42. The van der Waals surface area contributed by atoms with E-state index < -0.39 is 0 Å². The monoisotopic (exact) mass is 211 g/mol. The number of nitrogens with one attached hydrogen (secondary N) is 1. The summed E-state index contributed by atoms with van der Waals surface area (Å²) in [7, 11) is 0. The van der Waals surface area contributed by atoms with Crippen LogP contribution in [-0.4, -0.2) is 38.4 Å². The second-order valence-corrected chi connectivity index (χ2v) is 3.93. The molecule has 1 aliphatic rings. The van der Waals surface area contributed by atoms with Crippen molar-refractivity contribution in [2.45, 2.75) is 6.54 Å². The minimum absolute atomic E-state index is 0.124. The minimum Gasteiger partial charge on any atom is -0.281 e. The number of nitrogens with zero attached hydrogens (tertiary/aromatic N) is 2. The van der Waals surface area contributed by atoms with Crippen LogP contribution in [0.4, 0.5) is 0 Å². The average molecular weight is 211 g/mol. The number of hydrogen-bond acceptors (Lipinski definition) is 4. The van der Waals surface area contributed by atoms with E-state index in [1.807, 2.05) is 0 Å². The first-order chi connectivity index (χ1) is 6.77. The van der Waals surface area contributed by atoms with Crippen molar-refractivity contribution in [2.75, 3.05) is 11.5 Å². The van der Waals surface area contributed by atoms with Crippen LogP contribution in [-0.2, 0) is 16.1 Å². The van der Waals surface area contributed by atoms with Gasteiger partial charge in [-0.3, -0.25) is 19.6 Å². The molecule has 14 heavy (non-hydrogen) atoms. The largest absolute Gasteiger partial charge is 0.281 e. The number of imide groups is 1. The highest BCUT2D eigenvalue weighted by atomic mass is 32.2. The van der Waals surface area contributed by atoms with Gasteiger partial charge in [0.2, 0.25) is 11.8 Å². The van der Waals surface area contributed by atoms with Crippen LogP contribution in [0.1, 0.15) is 5.69 Å². The normalized spacial score (nSPS) is 17.6. The van der Waals surface area contributed by atoms with E-state index in [9.17, 15) is 9.59 Å². The van der Waals surface area contributed by atoms with Crippen LogP contribution < -0.4 is 0 Å². The molecule has 0 bridgehead atoms. The molecular formula is C8H9N3O2S. The Balaban J connectivity index is 2.08. The molecule has 1 fully saturated rings. The van der Waals surface area contributed by atoms with Gasteiger partial charge < -0.3 is 0 Å². The molecule has 0 unspecified atom stereocenters. The number of carbonyl (C=O) groups excluding carboxylic acids is 2. The van der Waals surface area contributed by atoms with Crippen LogP contribution in [0, 0.1) is 0 Å². The van der Waals surface area contributed by atoms with Gasteiger partial charge in [-0.2, -0.15) is 5.10 Å². The quantitative estimate of drug-likeness (QED) is 0.700. The Hall–Kier alpha value is -1.30. The number of carbonyl (C=O) groups is 2. The molecular weight excluding hydrogens is 202 g/mol. The number of thioether (sulfide) groups is 1. The maximum atomic E-state index is 11.4. The molecule has 0 atom stereocenters. The fraction of sp³-hybridized carbons (Fsp3) is 0.375. The molecule has 2 amide bonds. The fourth-order valence-electron chi connectivity index (χ4n) is 1.24. The number of rotatable bonds is 2. The highest BCUT2D eigenvalue weighted by molar-refractivity contribution is 8.00. The van der Waals surface area contributed by atoms with E-state index in [4.69, 9.17) is 0 Å². The molecule has 0 aromatic carbocycles. The molecule has 1 N–H and O–H groups in total. The van der Waals surface area contributed by atoms with Gasteiger partial charge in [0.1, 0.15) is 0 Å². The van der Waals surface area contributed by atoms with Crippen molar-refractivity contribution in [3.8, 4) is 0 Å². The summed E-state index contributed by atoms with van der Waals surface area (Å²) in [6.45, 7) is 0.304. The van der Waals surface area contributed by atoms with Gasteiger partial charge in [-0.05, 0) is 6.07 Å². The Morgan fingerprint density at radius 3 is 2.71 bits per heavy atom. The first-order valence-corrected chi connectivity index (χ1v) is 5.32. The summed E-state index contributed by atoms with van der Waals surface area (Å²) in [4.78, 5) is 24.0. The van der Waals surface area contributed by atoms with E-state index in [2.05, 4.69) is 10.2 Å². The molecule has 1 aromatic rings. The second kappa shape index (κ2) is 3.83. The molecule has 74 valence electrons. The Morgan fingerprint density at radius 1 is 1.43 bits per heavy atom. The van der Waals surface area contributed by atoms with Crippen LogP contribution in [0.2, 0.25) is 0 Å². The molecule has 6 heteroatoms. The summed E-state index contributed by atoms with van der Waals surface area (Å²) >= 11 is 1.36. The molecule has 1 saturated heterocycles. The van der Waals surface area contributed by atoms with Crippen molar-refractivity contribution in [2.24, 2.45) is 0 Å². The predicted molar refractivity (Wildman–Crippen MR) is 51.5 cm³/mol. The average Bonchev–Trinajstić information content (AvgIpc) is 2.64. The number of amides is 2. The third kappa shape index (κ3) is 1.79. The molecule has 2 rings (SSSR count). The van der Waals surface area contributed by atoms with Gasteiger partial charge in [0, 0.05) is 6.20 Å². The minimum atomic E-state index is -0.124. The van der Waals surface area contributed by atoms with Crippen molar-refractivity contribution in [3.63, 3.8) is 0 Å². The van der Waals surface area contributed by atoms with E-state index in [-0.39, 0.29) is 11.8 Å². The van der Waals surface area contributed by atoms with Gasteiger partial charge in [0.05, 0.1) is 23.7 Å². The van der Waals surface area contributed by atoms with Crippen molar-refractivity contribution < 1.29 is 9.59 Å². The number of hydrogen-bond donors (Lipinski definition) is 1. The first kappa shape index (κ1) is 9.26. The molecule has 5 nitrogen and oxygen atoms in total. The molecule has 0 aliphatic carbocycles. The fourth-order valence-corrected chi connectivity index (χ4v) is 2.00. The molecule has 0 radical (unpaired) electrons. The molecule has 2 heterocycles. The summed E-state index contributed by atoms with van der Waals surface area (Å²) in [5, 5.41) is 6.48. The summed E-state index contributed by atoms with van der Waals surface area (Å²) < 4.78 is 0. The number of aromatic nitrogens is 2. The summed E-state index contributed by atoms with van der Waals surface area (Å²) in [5.74, 6) is 0.529. The third-order valence-corrected chi connectivity index (χ3v) is 2.84. The van der Waals surface area contributed by atoms with Gasteiger partial charge in [0.25, 0.3) is 0 Å². The molecule has 0 saturated carbocycles. The van der Waals surface area contributed by atoms with Crippen LogP contribution in [0.25, 0.3) is 0 Å². The van der Waals surface area contributed by atoms with E-state index in [0.29, 0.717) is 18.1 Å². The zero-order valence-corrected chi connectivity index (χ0v) is 8.21. The van der Waals surface area contributed by atoms with Gasteiger partial charge in [0.15, 0.2) is 0 Å². The van der Waals surface area contributed by atoms with Crippen molar-refractivity contribution >= 4 is 23.6 Å². The van der Waals surface area contributed by atoms with Crippen molar-refractivity contribution in [3.05, 3.63) is 18.0 Å².